The number of thiazole rings is 1. The van der Waals surface area contributed by atoms with E-state index in [0.717, 1.165) is 18.5 Å². The molecular weight excluding hydrogens is 222 g/mol. The molecule has 90 valence electrons. The summed E-state index contributed by atoms with van der Waals surface area (Å²) in [5.41, 5.74) is 6.14. The molecule has 16 heavy (non-hydrogen) atoms. The van der Waals surface area contributed by atoms with Crippen molar-refractivity contribution in [3.8, 4) is 0 Å². The molecule has 0 aromatic carbocycles. The second-order valence-electron chi connectivity index (χ2n) is 4.17. The molecule has 0 saturated heterocycles. The highest BCUT2D eigenvalue weighted by Crippen LogP contribution is 2.15. The molecule has 0 aliphatic carbocycles. The molecule has 0 aliphatic heterocycles. The monoisotopic (exact) mass is 241 g/mol. The SMILES string of the molecule is CCC(C)(CC)NC(=O)Cc1csc(N)n1. The van der Waals surface area contributed by atoms with Gasteiger partial charge in [-0.25, -0.2) is 4.98 Å². The lowest BCUT2D eigenvalue weighted by molar-refractivity contribution is -0.122. The maximum atomic E-state index is 11.8. The average Bonchev–Trinajstić information content (AvgIpc) is 2.63. The Morgan fingerprint density at radius 3 is 2.62 bits per heavy atom. The lowest BCUT2D eigenvalue weighted by Crippen LogP contribution is -2.45. The highest BCUT2D eigenvalue weighted by molar-refractivity contribution is 7.13. The number of hydrogen-bond acceptors (Lipinski definition) is 4. The van der Waals surface area contributed by atoms with Crippen LogP contribution in [0.15, 0.2) is 5.38 Å². The van der Waals surface area contributed by atoms with Crippen LogP contribution in [0.5, 0.6) is 0 Å². The largest absolute Gasteiger partial charge is 0.375 e. The number of rotatable bonds is 5. The van der Waals surface area contributed by atoms with E-state index in [1.165, 1.54) is 11.3 Å². The van der Waals surface area contributed by atoms with Gasteiger partial charge >= 0.3 is 0 Å². The Hall–Kier alpha value is -1.10. The summed E-state index contributed by atoms with van der Waals surface area (Å²) in [6.45, 7) is 6.20. The van der Waals surface area contributed by atoms with Crippen molar-refractivity contribution in [3.63, 3.8) is 0 Å². The van der Waals surface area contributed by atoms with E-state index >= 15 is 0 Å². The van der Waals surface area contributed by atoms with Crippen LogP contribution in [-0.2, 0) is 11.2 Å². The van der Waals surface area contributed by atoms with Crippen LogP contribution < -0.4 is 11.1 Å². The lowest BCUT2D eigenvalue weighted by Gasteiger charge is -2.28. The molecule has 0 atom stereocenters. The summed E-state index contributed by atoms with van der Waals surface area (Å²) in [6.07, 6.45) is 2.16. The fraction of sp³-hybridized carbons (Fsp3) is 0.636. The molecule has 0 bridgehead atoms. The Bertz CT molecular complexity index is 358. The van der Waals surface area contributed by atoms with Crippen molar-refractivity contribution >= 4 is 22.4 Å². The van der Waals surface area contributed by atoms with Gasteiger partial charge in [0.25, 0.3) is 0 Å². The van der Waals surface area contributed by atoms with Gasteiger partial charge in [-0.1, -0.05) is 13.8 Å². The predicted octanol–water partition coefficient (Wildman–Crippen LogP) is 1.96. The third kappa shape index (κ3) is 3.48. The minimum absolute atomic E-state index is 0.0106. The van der Waals surface area contributed by atoms with Crippen molar-refractivity contribution in [2.45, 2.75) is 45.6 Å². The molecule has 0 saturated carbocycles. The molecule has 1 rings (SSSR count). The first-order chi connectivity index (χ1) is 7.49. The molecule has 0 spiro atoms. The summed E-state index contributed by atoms with van der Waals surface area (Å²) in [5, 5.41) is 5.37. The molecule has 0 radical (unpaired) electrons. The minimum Gasteiger partial charge on any atom is -0.375 e. The fourth-order valence-corrected chi connectivity index (χ4v) is 1.94. The third-order valence-corrected chi connectivity index (χ3v) is 3.64. The van der Waals surface area contributed by atoms with Gasteiger partial charge in [-0.15, -0.1) is 11.3 Å². The van der Waals surface area contributed by atoms with Crippen molar-refractivity contribution in [1.29, 1.82) is 0 Å². The van der Waals surface area contributed by atoms with Gasteiger partial charge in [-0.05, 0) is 19.8 Å². The number of aromatic nitrogens is 1. The van der Waals surface area contributed by atoms with Crippen LogP contribution in [0.4, 0.5) is 5.13 Å². The van der Waals surface area contributed by atoms with Gasteiger partial charge < -0.3 is 11.1 Å². The summed E-state index contributed by atoms with van der Waals surface area (Å²) in [5.74, 6) is 0.0106. The Balaban J connectivity index is 2.53. The van der Waals surface area contributed by atoms with Crippen LogP contribution in [0.3, 0.4) is 0 Å². The molecule has 1 aromatic heterocycles. The molecule has 5 heteroatoms. The van der Waals surface area contributed by atoms with Crippen molar-refractivity contribution in [2.24, 2.45) is 0 Å². The van der Waals surface area contributed by atoms with Crippen molar-refractivity contribution in [2.75, 3.05) is 5.73 Å². The molecule has 1 heterocycles. The zero-order chi connectivity index (χ0) is 12.2. The summed E-state index contributed by atoms with van der Waals surface area (Å²) >= 11 is 1.36. The summed E-state index contributed by atoms with van der Waals surface area (Å²) in [4.78, 5) is 15.8. The van der Waals surface area contributed by atoms with E-state index in [2.05, 4.69) is 31.1 Å². The van der Waals surface area contributed by atoms with E-state index in [0.29, 0.717) is 11.6 Å². The standard InChI is InChI=1S/C11H19N3OS/c1-4-11(3,5-2)14-9(15)6-8-7-16-10(12)13-8/h7H,4-6H2,1-3H3,(H2,12,13)(H,14,15). The highest BCUT2D eigenvalue weighted by Gasteiger charge is 2.22. The summed E-state index contributed by atoms with van der Waals surface area (Å²) in [7, 11) is 0. The van der Waals surface area contributed by atoms with E-state index in [9.17, 15) is 4.79 Å². The number of carbonyl (C=O) groups excluding carboxylic acids is 1. The second kappa shape index (κ2) is 5.30. The normalized spacial score (nSPS) is 11.4. The van der Waals surface area contributed by atoms with E-state index in [1.807, 2.05) is 5.38 Å². The third-order valence-electron chi connectivity index (χ3n) is 2.91. The summed E-state index contributed by atoms with van der Waals surface area (Å²) < 4.78 is 0. The van der Waals surface area contributed by atoms with Crippen molar-refractivity contribution in [1.82, 2.24) is 10.3 Å². The number of nitrogens with zero attached hydrogens (tertiary/aromatic N) is 1. The number of carbonyl (C=O) groups is 1. The zero-order valence-corrected chi connectivity index (χ0v) is 10.9. The van der Waals surface area contributed by atoms with E-state index in [-0.39, 0.29) is 11.4 Å². The molecule has 0 fully saturated rings. The fourth-order valence-electron chi connectivity index (χ4n) is 1.38. The number of nitrogens with one attached hydrogen (secondary N) is 1. The molecule has 4 nitrogen and oxygen atoms in total. The average molecular weight is 241 g/mol. The molecule has 0 unspecified atom stereocenters. The van der Waals surface area contributed by atoms with Crippen LogP contribution in [0, 0.1) is 0 Å². The Kier molecular flexibility index (Phi) is 4.29. The van der Waals surface area contributed by atoms with E-state index in [1.54, 1.807) is 0 Å². The van der Waals surface area contributed by atoms with Crippen molar-refractivity contribution < 1.29 is 4.79 Å². The zero-order valence-electron chi connectivity index (χ0n) is 10.0. The molecule has 0 aliphatic rings. The Labute approximate surface area is 100 Å². The maximum absolute atomic E-state index is 11.8. The highest BCUT2D eigenvalue weighted by atomic mass is 32.1. The molecule has 1 aromatic rings. The molecular formula is C11H19N3OS. The van der Waals surface area contributed by atoms with Crippen molar-refractivity contribution in [3.05, 3.63) is 11.1 Å². The van der Waals surface area contributed by atoms with E-state index in [4.69, 9.17) is 5.73 Å². The van der Waals surface area contributed by atoms with Gasteiger partial charge in [-0.2, -0.15) is 0 Å². The number of anilines is 1. The van der Waals surface area contributed by atoms with Crippen LogP contribution in [-0.4, -0.2) is 16.4 Å². The number of hydrogen-bond donors (Lipinski definition) is 2. The van der Waals surface area contributed by atoms with Gasteiger partial charge in [0.1, 0.15) is 0 Å². The van der Waals surface area contributed by atoms with Crippen LogP contribution in [0.2, 0.25) is 0 Å². The Morgan fingerprint density at radius 2 is 2.19 bits per heavy atom. The Morgan fingerprint density at radius 1 is 1.56 bits per heavy atom. The van der Waals surface area contributed by atoms with Gasteiger partial charge in [0.15, 0.2) is 5.13 Å². The number of nitrogens with two attached hydrogens (primary N) is 1. The minimum atomic E-state index is -0.112. The molecule has 1 amide bonds. The van der Waals surface area contributed by atoms with Gasteiger partial charge in [0.05, 0.1) is 12.1 Å². The van der Waals surface area contributed by atoms with E-state index < -0.39 is 0 Å². The molecule has 3 N–H and O–H groups in total. The first kappa shape index (κ1) is 13.0. The van der Waals surface area contributed by atoms with Gasteiger partial charge in [0.2, 0.25) is 5.91 Å². The second-order valence-corrected chi connectivity index (χ2v) is 5.06. The first-order valence-corrected chi connectivity index (χ1v) is 6.38. The maximum Gasteiger partial charge on any atom is 0.226 e. The quantitative estimate of drug-likeness (QED) is 0.828. The first-order valence-electron chi connectivity index (χ1n) is 5.50. The summed E-state index contributed by atoms with van der Waals surface area (Å²) in [6, 6.07) is 0. The smallest absolute Gasteiger partial charge is 0.226 e. The van der Waals surface area contributed by atoms with Gasteiger partial charge in [-0.3, -0.25) is 4.79 Å². The van der Waals surface area contributed by atoms with Crippen LogP contribution in [0.1, 0.15) is 39.3 Å². The topological polar surface area (TPSA) is 68.0 Å². The number of amides is 1. The predicted molar refractivity (Wildman–Crippen MR) is 67.4 cm³/mol. The van der Waals surface area contributed by atoms with Crippen LogP contribution in [0.25, 0.3) is 0 Å². The lowest BCUT2D eigenvalue weighted by atomic mass is 9.95. The number of nitrogen functional groups attached to an aromatic ring is 1. The van der Waals surface area contributed by atoms with Crippen LogP contribution >= 0.6 is 11.3 Å². The van der Waals surface area contributed by atoms with Gasteiger partial charge in [0, 0.05) is 10.9 Å².